The average molecular weight is 601 g/mol. The minimum Gasteiger partial charge on any atom is -0.347 e. The Morgan fingerprint density at radius 1 is 1.02 bits per heavy atom. The van der Waals surface area contributed by atoms with Crippen molar-refractivity contribution in [3.05, 3.63) is 47.3 Å². The summed E-state index contributed by atoms with van der Waals surface area (Å²) in [6.45, 7) is 0.323. The van der Waals surface area contributed by atoms with Crippen LogP contribution in [0.1, 0.15) is 53.7 Å². The van der Waals surface area contributed by atoms with Crippen molar-refractivity contribution in [3.8, 4) is 0 Å². The number of hydrogen-bond donors (Lipinski definition) is 2. The van der Waals surface area contributed by atoms with Crippen LogP contribution in [0.2, 0.25) is 0 Å². The first-order chi connectivity index (χ1) is 19.7. The first-order valence-corrected chi connectivity index (χ1v) is 13.8. The lowest BCUT2D eigenvalue weighted by atomic mass is 9.89. The molecule has 2 N–H and O–H groups in total. The van der Waals surface area contributed by atoms with E-state index in [0.29, 0.717) is 30.3 Å². The third-order valence-electron chi connectivity index (χ3n) is 8.03. The number of aromatic nitrogens is 2. The normalized spacial score (nSPS) is 20.4. The second-order valence-electron chi connectivity index (χ2n) is 11.0. The molecule has 2 aliphatic rings. The van der Waals surface area contributed by atoms with Crippen LogP contribution in [-0.2, 0) is 17.4 Å². The van der Waals surface area contributed by atoms with Crippen molar-refractivity contribution in [2.24, 2.45) is 11.8 Å². The Labute approximate surface area is 239 Å². The number of amides is 2. The third-order valence-corrected chi connectivity index (χ3v) is 8.03. The Kier molecular flexibility index (Phi) is 9.63. The van der Waals surface area contributed by atoms with Gasteiger partial charge in [-0.2, -0.15) is 26.3 Å². The molecule has 2 amide bonds. The molecule has 8 nitrogen and oxygen atoms in total. The molecule has 1 aromatic carbocycles. The number of piperidine rings is 1. The third kappa shape index (κ3) is 8.11. The van der Waals surface area contributed by atoms with E-state index in [1.54, 1.807) is 36.2 Å². The van der Waals surface area contributed by atoms with Crippen molar-refractivity contribution in [2.45, 2.75) is 56.9 Å². The molecule has 42 heavy (non-hydrogen) atoms. The molecule has 0 spiro atoms. The van der Waals surface area contributed by atoms with Crippen molar-refractivity contribution >= 4 is 23.5 Å². The summed E-state index contributed by atoms with van der Waals surface area (Å²) in [4.78, 5) is 37.2. The lowest BCUT2D eigenvalue weighted by Crippen LogP contribution is -2.44. The monoisotopic (exact) mass is 600 g/mol. The molecule has 0 unspecified atom stereocenters. The zero-order chi connectivity index (χ0) is 30.7. The molecular formula is C28H34F6N6O2. The van der Waals surface area contributed by atoms with E-state index >= 15 is 0 Å². The van der Waals surface area contributed by atoms with Crippen molar-refractivity contribution < 1.29 is 35.9 Å². The molecule has 0 radical (unpaired) electrons. The highest BCUT2D eigenvalue weighted by Gasteiger charge is 2.39. The molecule has 1 saturated heterocycles. The number of rotatable bonds is 8. The highest BCUT2D eigenvalue weighted by molar-refractivity contribution is 5.94. The highest BCUT2D eigenvalue weighted by atomic mass is 19.4. The summed E-state index contributed by atoms with van der Waals surface area (Å²) >= 11 is 0. The SMILES string of the molecule is CN1CCC(N(C)C(=O)c2ccc(Nc3ncc(C(F)(F)F)c(C[C@@H]4CCC[C@@H]4C(=O)NCC(F)(F)F)n3)cc2)CC1. The smallest absolute Gasteiger partial charge is 0.347 e. The number of nitrogens with one attached hydrogen (secondary N) is 2. The summed E-state index contributed by atoms with van der Waals surface area (Å²) in [7, 11) is 3.82. The van der Waals surface area contributed by atoms with E-state index in [1.165, 1.54) is 0 Å². The van der Waals surface area contributed by atoms with Crippen LogP contribution in [0.5, 0.6) is 0 Å². The van der Waals surface area contributed by atoms with Gasteiger partial charge in [0.05, 0.1) is 11.3 Å². The van der Waals surface area contributed by atoms with Gasteiger partial charge < -0.3 is 20.4 Å². The number of carbonyl (C=O) groups is 2. The predicted molar refractivity (Wildman–Crippen MR) is 143 cm³/mol. The van der Waals surface area contributed by atoms with Gasteiger partial charge in [0, 0.05) is 36.5 Å². The largest absolute Gasteiger partial charge is 0.419 e. The molecule has 2 aromatic rings. The summed E-state index contributed by atoms with van der Waals surface area (Å²) in [6.07, 6.45) is -6.00. The zero-order valence-electron chi connectivity index (χ0n) is 23.4. The summed E-state index contributed by atoms with van der Waals surface area (Å²) in [6, 6.07) is 6.58. The molecule has 14 heteroatoms. The van der Waals surface area contributed by atoms with Gasteiger partial charge in [0.15, 0.2) is 0 Å². The van der Waals surface area contributed by atoms with Gasteiger partial charge in [-0.1, -0.05) is 6.42 Å². The Hall–Kier alpha value is -3.42. The van der Waals surface area contributed by atoms with Crippen LogP contribution in [0.3, 0.4) is 0 Å². The van der Waals surface area contributed by atoms with Crippen LogP contribution in [-0.4, -0.2) is 77.5 Å². The molecule has 0 bridgehead atoms. The zero-order valence-corrected chi connectivity index (χ0v) is 23.4. The van der Waals surface area contributed by atoms with Crippen molar-refractivity contribution in [1.82, 2.24) is 25.1 Å². The average Bonchev–Trinajstić information content (AvgIpc) is 3.39. The summed E-state index contributed by atoms with van der Waals surface area (Å²) in [5, 5.41) is 4.71. The number of benzene rings is 1. The maximum atomic E-state index is 13.8. The molecule has 1 aromatic heterocycles. The Morgan fingerprint density at radius 2 is 1.69 bits per heavy atom. The predicted octanol–water partition coefficient (Wildman–Crippen LogP) is 5.04. The first-order valence-electron chi connectivity index (χ1n) is 13.8. The van der Waals surface area contributed by atoms with Gasteiger partial charge in [0.25, 0.3) is 5.91 Å². The van der Waals surface area contributed by atoms with Gasteiger partial charge in [-0.3, -0.25) is 9.59 Å². The number of likely N-dealkylation sites (tertiary alicyclic amines) is 1. The first kappa shape index (κ1) is 31.5. The number of nitrogens with zero attached hydrogens (tertiary/aromatic N) is 4. The van der Waals surface area contributed by atoms with E-state index < -0.39 is 42.2 Å². The number of anilines is 2. The molecule has 4 rings (SSSR count). The lowest BCUT2D eigenvalue weighted by molar-refractivity contribution is -0.141. The van der Waals surface area contributed by atoms with Crippen molar-refractivity contribution in [1.29, 1.82) is 0 Å². The minimum atomic E-state index is -4.76. The summed E-state index contributed by atoms with van der Waals surface area (Å²) < 4.78 is 79.0. The lowest BCUT2D eigenvalue weighted by Gasteiger charge is -2.35. The van der Waals surface area contributed by atoms with Crippen LogP contribution in [0.15, 0.2) is 30.5 Å². The maximum Gasteiger partial charge on any atom is 0.419 e. The maximum absolute atomic E-state index is 13.8. The fourth-order valence-corrected chi connectivity index (χ4v) is 5.64. The molecule has 1 aliphatic carbocycles. The Morgan fingerprint density at radius 3 is 2.31 bits per heavy atom. The van der Waals surface area contributed by atoms with Gasteiger partial charge >= 0.3 is 12.4 Å². The standard InChI is InChI=1S/C28H34F6N6O2/c1-39-12-10-20(11-13-39)40(2)25(42)17-6-8-19(9-7-17)37-26-35-15-22(28(32,33)34)23(38-26)14-18-4-3-5-21(18)24(41)36-16-27(29,30)31/h6-9,15,18,20-21H,3-5,10-14,16H2,1-2H3,(H,36,41)(H,35,37,38)/t18-,21-/m0/s1. The van der Waals surface area contributed by atoms with E-state index in [4.69, 9.17) is 0 Å². The van der Waals surface area contributed by atoms with E-state index in [9.17, 15) is 35.9 Å². The van der Waals surface area contributed by atoms with Crippen LogP contribution < -0.4 is 10.6 Å². The summed E-state index contributed by atoms with van der Waals surface area (Å²) in [5.41, 5.74) is -0.490. The number of carbonyl (C=O) groups excluding carboxylic acids is 2. The topological polar surface area (TPSA) is 90.5 Å². The van der Waals surface area contributed by atoms with Crippen LogP contribution in [0.25, 0.3) is 0 Å². The minimum absolute atomic E-state index is 0.114. The van der Waals surface area contributed by atoms with Crippen LogP contribution in [0, 0.1) is 11.8 Å². The molecule has 2 fully saturated rings. The fourth-order valence-electron chi connectivity index (χ4n) is 5.64. The van der Waals surface area contributed by atoms with Crippen LogP contribution >= 0.6 is 0 Å². The summed E-state index contributed by atoms with van der Waals surface area (Å²) in [5.74, 6) is -2.52. The number of hydrogen-bond acceptors (Lipinski definition) is 6. The van der Waals surface area contributed by atoms with E-state index in [0.717, 1.165) is 25.9 Å². The van der Waals surface area contributed by atoms with E-state index in [-0.39, 0.29) is 36.4 Å². The van der Waals surface area contributed by atoms with Gasteiger partial charge in [-0.15, -0.1) is 0 Å². The second kappa shape index (κ2) is 12.8. The van der Waals surface area contributed by atoms with Gasteiger partial charge in [-0.25, -0.2) is 9.97 Å². The molecule has 230 valence electrons. The molecule has 1 saturated carbocycles. The second-order valence-corrected chi connectivity index (χ2v) is 11.0. The van der Waals surface area contributed by atoms with Crippen molar-refractivity contribution in [3.63, 3.8) is 0 Å². The Bertz CT molecular complexity index is 1240. The molecule has 2 heterocycles. The molecular weight excluding hydrogens is 566 g/mol. The van der Waals surface area contributed by atoms with E-state index in [1.807, 2.05) is 12.4 Å². The van der Waals surface area contributed by atoms with Crippen LogP contribution in [0.4, 0.5) is 38.0 Å². The highest BCUT2D eigenvalue weighted by Crippen LogP contribution is 2.38. The number of halogens is 6. The molecule has 1 aliphatic heterocycles. The Balaban J connectivity index is 1.46. The molecule has 2 atom stereocenters. The van der Waals surface area contributed by atoms with Crippen molar-refractivity contribution in [2.75, 3.05) is 39.0 Å². The van der Waals surface area contributed by atoms with Gasteiger partial charge in [0.1, 0.15) is 6.54 Å². The van der Waals surface area contributed by atoms with Gasteiger partial charge in [0.2, 0.25) is 11.9 Å². The quantitative estimate of drug-likeness (QED) is 0.413. The fraction of sp³-hybridized carbons (Fsp3) is 0.571. The number of alkyl halides is 6. The van der Waals surface area contributed by atoms with E-state index in [2.05, 4.69) is 20.2 Å². The van der Waals surface area contributed by atoms with Gasteiger partial charge in [-0.05, 0) is 82.4 Å².